The number of benzene rings is 1. The van der Waals surface area contributed by atoms with Gasteiger partial charge in [-0.25, -0.2) is 18.0 Å². The Morgan fingerprint density at radius 1 is 1.38 bits per heavy atom. The van der Waals surface area contributed by atoms with E-state index in [0.29, 0.717) is 4.90 Å². The standard InChI is InChI=1S/C12H10BrF3N2O3/c13-9-6(15)1-2-7(10(9)16)17-11(19)8-3-5(14)4-18(8)12(20)21/h1-2,5,8H,3-4H2,(H,17,19)(H,20,21)/t5-,8+/m1/s1. The van der Waals surface area contributed by atoms with E-state index in [-0.39, 0.29) is 12.1 Å². The fraction of sp³-hybridized carbons (Fsp3) is 0.333. The zero-order chi connectivity index (χ0) is 15.7. The average Bonchev–Trinajstić information content (AvgIpc) is 2.82. The molecule has 21 heavy (non-hydrogen) atoms. The van der Waals surface area contributed by atoms with Crippen LogP contribution in [-0.2, 0) is 4.79 Å². The molecule has 1 aromatic carbocycles. The quantitative estimate of drug-likeness (QED) is 0.790. The van der Waals surface area contributed by atoms with Gasteiger partial charge in [0.05, 0.1) is 16.7 Å². The number of rotatable bonds is 2. The van der Waals surface area contributed by atoms with E-state index in [0.717, 1.165) is 12.1 Å². The van der Waals surface area contributed by atoms with Crippen molar-refractivity contribution in [3.8, 4) is 0 Å². The second-order valence-electron chi connectivity index (χ2n) is 4.50. The summed E-state index contributed by atoms with van der Waals surface area (Å²) in [6, 6.07) is 0.686. The maximum atomic E-state index is 13.7. The number of carbonyl (C=O) groups is 2. The van der Waals surface area contributed by atoms with Crippen molar-refractivity contribution in [2.45, 2.75) is 18.6 Å². The summed E-state index contributed by atoms with van der Waals surface area (Å²) in [7, 11) is 0. The molecule has 0 unspecified atom stereocenters. The molecule has 2 rings (SSSR count). The summed E-state index contributed by atoms with van der Waals surface area (Å²) in [5.41, 5.74) is -0.319. The number of anilines is 1. The van der Waals surface area contributed by atoms with Crippen LogP contribution in [0.2, 0.25) is 0 Å². The summed E-state index contributed by atoms with van der Waals surface area (Å²) in [4.78, 5) is 23.5. The number of hydrogen-bond donors (Lipinski definition) is 2. The first-order chi connectivity index (χ1) is 9.81. The number of hydrogen-bond acceptors (Lipinski definition) is 2. The molecule has 0 bridgehead atoms. The van der Waals surface area contributed by atoms with E-state index in [1.54, 1.807) is 0 Å². The van der Waals surface area contributed by atoms with Crippen LogP contribution in [0.15, 0.2) is 16.6 Å². The van der Waals surface area contributed by atoms with E-state index in [4.69, 9.17) is 5.11 Å². The summed E-state index contributed by atoms with van der Waals surface area (Å²) in [6.45, 7) is -0.414. The third-order valence-electron chi connectivity index (χ3n) is 3.09. The molecule has 0 aromatic heterocycles. The minimum absolute atomic E-state index is 0.303. The van der Waals surface area contributed by atoms with Crippen molar-refractivity contribution in [3.63, 3.8) is 0 Å². The van der Waals surface area contributed by atoms with Crippen LogP contribution in [0.4, 0.5) is 23.7 Å². The lowest BCUT2D eigenvalue weighted by Crippen LogP contribution is -2.42. The number of carbonyl (C=O) groups excluding carboxylic acids is 1. The maximum absolute atomic E-state index is 13.7. The maximum Gasteiger partial charge on any atom is 0.408 e. The lowest BCUT2D eigenvalue weighted by molar-refractivity contribution is -0.120. The Hall–Kier alpha value is -1.77. The molecule has 1 saturated heterocycles. The Bertz CT molecular complexity index is 599. The summed E-state index contributed by atoms with van der Waals surface area (Å²) in [6.07, 6.45) is -3.19. The van der Waals surface area contributed by atoms with Gasteiger partial charge in [-0.05, 0) is 28.1 Å². The summed E-state index contributed by atoms with van der Waals surface area (Å²) in [5, 5.41) is 11.0. The largest absolute Gasteiger partial charge is 0.465 e. The predicted octanol–water partition coefficient (Wildman–Crippen LogP) is 2.76. The number of likely N-dealkylation sites (tertiary alicyclic amines) is 1. The molecule has 1 fully saturated rings. The van der Waals surface area contributed by atoms with Gasteiger partial charge in [0.1, 0.15) is 18.0 Å². The van der Waals surface area contributed by atoms with E-state index in [9.17, 15) is 22.8 Å². The van der Waals surface area contributed by atoms with Crippen molar-refractivity contribution in [1.82, 2.24) is 4.90 Å². The lowest BCUT2D eigenvalue weighted by Gasteiger charge is -2.20. The molecule has 0 spiro atoms. The number of amides is 2. The molecule has 2 amide bonds. The van der Waals surface area contributed by atoms with Crippen LogP contribution in [-0.4, -0.2) is 40.8 Å². The van der Waals surface area contributed by atoms with Crippen LogP contribution >= 0.6 is 15.9 Å². The van der Waals surface area contributed by atoms with Gasteiger partial charge in [-0.3, -0.25) is 9.69 Å². The zero-order valence-electron chi connectivity index (χ0n) is 10.4. The third-order valence-corrected chi connectivity index (χ3v) is 3.82. The van der Waals surface area contributed by atoms with Crippen molar-refractivity contribution in [3.05, 3.63) is 28.2 Å². The van der Waals surface area contributed by atoms with Gasteiger partial charge >= 0.3 is 6.09 Å². The molecule has 0 saturated carbocycles. The van der Waals surface area contributed by atoms with E-state index in [1.165, 1.54) is 0 Å². The topological polar surface area (TPSA) is 69.6 Å². The van der Waals surface area contributed by atoms with Crippen molar-refractivity contribution in [1.29, 1.82) is 0 Å². The molecule has 2 atom stereocenters. The van der Waals surface area contributed by atoms with Crippen molar-refractivity contribution < 1.29 is 27.9 Å². The highest BCUT2D eigenvalue weighted by atomic mass is 79.9. The first-order valence-corrected chi connectivity index (χ1v) is 6.68. The van der Waals surface area contributed by atoms with E-state index in [2.05, 4.69) is 21.2 Å². The second kappa shape index (κ2) is 5.92. The molecule has 0 aliphatic carbocycles. The Morgan fingerprint density at radius 2 is 2.05 bits per heavy atom. The van der Waals surface area contributed by atoms with Gasteiger partial charge in [0, 0.05) is 6.42 Å². The molecule has 9 heteroatoms. The molecule has 1 heterocycles. The summed E-state index contributed by atoms with van der Waals surface area (Å²) < 4.78 is 39.6. The highest BCUT2D eigenvalue weighted by Crippen LogP contribution is 2.27. The molecule has 0 radical (unpaired) electrons. The molecule has 5 nitrogen and oxygen atoms in total. The Kier molecular flexibility index (Phi) is 4.40. The lowest BCUT2D eigenvalue weighted by atomic mass is 10.2. The first-order valence-electron chi connectivity index (χ1n) is 5.89. The molecular formula is C12H10BrF3N2O3. The number of nitrogens with zero attached hydrogens (tertiary/aromatic N) is 1. The van der Waals surface area contributed by atoms with Gasteiger partial charge in [0.25, 0.3) is 0 Å². The highest BCUT2D eigenvalue weighted by molar-refractivity contribution is 9.10. The van der Waals surface area contributed by atoms with Crippen molar-refractivity contribution >= 4 is 33.6 Å². The Morgan fingerprint density at radius 3 is 2.67 bits per heavy atom. The molecule has 1 aromatic rings. The number of alkyl halides is 1. The van der Waals surface area contributed by atoms with E-state index >= 15 is 0 Å². The van der Waals surface area contributed by atoms with Crippen LogP contribution in [0.25, 0.3) is 0 Å². The normalized spacial score (nSPS) is 21.4. The molecule has 2 N–H and O–H groups in total. The van der Waals surface area contributed by atoms with Crippen LogP contribution < -0.4 is 5.32 Å². The van der Waals surface area contributed by atoms with E-state index in [1.807, 2.05) is 0 Å². The van der Waals surface area contributed by atoms with Gasteiger partial charge in [0.2, 0.25) is 5.91 Å². The average molecular weight is 367 g/mol. The fourth-order valence-electron chi connectivity index (χ4n) is 2.08. The zero-order valence-corrected chi connectivity index (χ0v) is 12.0. The number of halogens is 4. The van der Waals surface area contributed by atoms with Gasteiger partial charge in [-0.2, -0.15) is 0 Å². The van der Waals surface area contributed by atoms with Crippen molar-refractivity contribution in [2.75, 3.05) is 11.9 Å². The van der Waals surface area contributed by atoms with Crippen LogP contribution in [0.1, 0.15) is 6.42 Å². The SMILES string of the molecule is O=C(Nc1ccc(F)c(Br)c1F)[C@@H]1C[C@@H](F)CN1C(=O)O. The van der Waals surface area contributed by atoms with Crippen molar-refractivity contribution in [2.24, 2.45) is 0 Å². The second-order valence-corrected chi connectivity index (χ2v) is 5.29. The van der Waals surface area contributed by atoms with Gasteiger partial charge in [-0.15, -0.1) is 0 Å². The van der Waals surface area contributed by atoms with Crippen LogP contribution in [0.5, 0.6) is 0 Å². The van der Waals surface area contributed by atoms with E-state index < -0.39 is 46.9 Å². The number of carboxylic acid groups (broad SMARTS) is 1. The fourth-order valence-corrected chi connectivity index (χ4v) is 2.43. The van der Waals surface area contributed by atoms with Gasteiger partial charge in [-0.1, -0.05) is 0 Å². The minimum Gasteiger partial charge on any atom is -0.465 e. The van der Waals surface area contributed by atoms with Crippen LogP contribution in [0, 0.1) is 11.6 Å². The number of nitrogens with one attached hydrogen (secondary N) is 1. The summed E-state index contributed by atoms with van der Waals surface area (Å²) in [5.74, 6) is -2.74. The van der Waals surface area contributed by atoms with Gasteiger partial charge in [0.15, 0.2) is 5.82 Å². The molecule has 1 aliphatic heterocycles. The monoisotopic (exact) mass is 366 g/mol. The summed E-state index contributed by atoms with van der Waals surface area (Å²) >= 11 is 2.68. The molecular weight excluding hydrogens is 357 g/mol. The first kappa shape index (κ1) is 15.6. The Labute approximate surface area is 125 Å². The molecule has 1 aliphatic rings. The highest BCUT2D eigenvalue weighted by Gasteiger charge is 2.40. The van der Waals surface area contributed by atoms with Crippen LogP contribution in [0.3, 0.4) is 0 Å². The van der Waals surface area contributed by atoms with Gasteiger partial charge < -0.3 is 10.4 Å². The smallest absolute Gasteiger partial charge is 0.408 e. The molecule has 114 valence electrons. The predicted molar refractivity (Wildman–Crippen MR) is 70.7 cm³/mol. The minimum atomic E-state index is -1.46. The third kappa shape index (κ3) is 3.12. The Balaban J connectivity index is 2.18.